The van der Waals surface area contributed by atoms with Gasteiger partial charge >= 0.3 is 0 Å². The van der Waals surface area contributed by atoms with Crippen molar-refractivity contribution in [2.75, 3.05) is 19.6 Å². The molecule has 1 rings (SSSR count). The van der Waals surface area contributed by atoms with Crippen LogP contribution in [-0.2, 0) is 0 Å². The maximum Gasteiger partial charge on any atom is 0.0991 e. The van der Waals surface area contributed by atoms with Crippen molar-refractivity contribution in [2.24, 2.45) is 11.1 Å². The van der Waals surface area contributed by atoms with Crippen molar-refractivity contribution < 1.29 is 0 Å². The summed E-state index contributed by atoms with van der Waals surface area (Å²) in [5.74, 6) is 0. The maximum atomic E-state index is 6.27. The van der Waals surface area contributed by atoms with E-state index in [9.17, 15) is 0 Å². The molecule has 0 radical (unpaired) electrons. The summed E-state index contributed by atoms with van der Waals surface area (Å²) in [7, 11) is 0. The van der Waals surface area contributed by atoms with E-state index in [1.165, 1.54) is 11.3 Å². The Kier molecular flexibility index (Phi) is 6.61. The maximum absolute atomic E-state index is 6.27. The molecule has 1 heterocycles. The van der Waals surface area contributed by atoms with Crippen molar-refractivity contribution in [2.45, 2.75) is 40.2 Å². The molecule has 1 unspecified atom stereocenters. The Morgan fingerprint density at radius 2 is 2.05 bits per heavy atom. The van der Waals surface area contributed by atoms with Crippen LogP contribution >= 0.6 is 34.5 Å². The highest BCUT2D eigenvalue weighted by molar-refractivity contribution is 7.20. The van der Waals surface area contributed by atoms with Crippen LogP contribution in [0.5, 0.6) is 0 Å². The van der Waals surface area contributed by atoms with Gasteiger partial charge in [0.05, 0.1) is 8.67 Å². The monoisotopic (exact) mass is 322 g/mol. The molecule has 1 aromatic heterocycles. The van der Waals surface area contributed by atoms with Gasteiger partial charge in [0, 0.05) is 18.2 Å². The number of rotatable bonds is 7. The third-order valence-corrected chi connectivity index (χ3v) is 4.89. The van der Waals surface area contributed by atoms with E-state index in [0.29, 0.717) is 6.54 Å². The third kappa shape index (κ3) is 4.91. The SMILES string of the molecule is CCCN(CC(C)(C)CN)C(C)c1cc(Cl)sc1Cl. The van der Waals surface area contributed by atoms with Gasteiger partial charge in [0.15, 0.2) is 0 Å². The van der Waals surface area contributed by atoms with Crippen molar-refractivity contribution in [3.05, 3.63) is 20.3 Å². The van der Waals surface area contributed by atoms with Gasteiger partial charge in [-0.3, -0.25) is 4.90 Å². The first-order valence-electron chi connectivity index (χ1n) is 6.69. The van der Waals surface area contributed by atoms with Crippen molar-refractivity contribution in [1.82, 2.24) is 4.90 Å². The molecular weight excluding hydrogens is 299 g/mol. The molecule has 2 nitrogen and oxygen atoms in total. The molecule has 5 heteroatoms. The van der Waals surface area contributed by atoms with Gasteiger partial charge in [-0.2, -0.15) is 0 Å². The lowest BCUT2D eigenvalue weighted by atomic mass is 9.92. The molecule has 0 aliphatic carbocycles. The van der Waals surface area contributed by atoms with Crippen molar-refractivity contribution >= 4 is 34.5 Å². The Morgan fingerprint density at radius 3 is 2.47 bits per heavy atom. The fourth-order valence-corrected chi connectivity index (χ4v) is 3.78. The zero-order valence-electron chi connectivity index (χ0n) is 12.2. The van der Waals surface area contributed by atoms with Crippen molar-refractivity contribution in [1.29, 1.82) is 0 Å². The van der Waals surface area contributed by atoms with E-state index in [1.807, 2.05) is 6.07 Å². The minimum atomic E-state index is 0.107. The van der Waals surface area contributed by atoms with E-state index in [-0.39, 0.29) is 11.5 Å². The predicted molar refractivity (Wildman–Crippen MR) is 87.5 cm³/mol. The summed E-state index contributed by atoms with van der Waals surface area (Å²) in [4.78, 5) is 2.44. The lowest BCUT2D eigenvalue weighted by Crippen LogP contribution is -2.40. The molecule has 0 aliphatic rings. The van der Waals surface area contributed by atoms with Gasteiger partial charge in [-0.15, -0.1) is 11.3 Å². The molecule has 1 aromatic rings. The largest absolute Gasteiger partial charge is 0.330 e. The smallest absolute Gasteiger partial charge is 0.0991 e. The van der Waals surface area contributed by atoms with Gasteiger partial charge in [0.25, 0.3) is 0 Å². The van der Waals surface area contributed by atoms with Crippen LogP contribution in [0, 0.1) is 5.41 Å². The molecule has 1 atom stereocenters. The summed E-state index contributed by atoms with van der Waals surface area (Å²) in [6, 6.07) is 2.25. The molecule has 2 N–H and O–H groups in total. The van der Waals surface area contributed by atoms with E-state index in [2.05, 4.69) is 32.6 Å². The zero-order valence-corrected chi connectivity index (χ0v) is 14.5. The van der Waals surface area contributed by atoms with Crippen LogP contribution in [0.4, 0.5) is 0 Å². The summed E-state index contributed by atoms with van der Waals surface area (Å²) in [6.07, 6.45) is 1.11. The van der Waals surface area contributed by atoms with Crippen LogP contribution in [0.1, 0.15) is 45.7 Å². The second-order valence-electron chi connectivity index (χ2n) is 5.79. The van der Waals surface area contributed by atoms with Gasteiger partial charge in [0.1, 0.15) is 0 Å². The van der Waals surface area contributed by atoms with E-state index >= 15 is 0 Å². The van der Waals surface area contributed by atoms with Crippen LogP contribution in [0.25, 0.3) is 0 Å². The summed E-state index contributed by atoms with van der Waals surface area (Å²) in [6.45, 7) is 11.5. The summed E-state index contributed by atoms with van der Waals surface area (Å²) < 4.78 is 1.55. The van der Waals surface area contributed by atoms with E-state index in [4.69, 9.17) is 28.9 Å². The quantitative estimate of drug-likeness (QED) is 0.780. The molecule has 0 spiro atoms. The Balaban J connectivity index is 2.89. The average molecular weight is 323 g/mol. The van der Waals surface area contributed by atoms with E-state index in [0.717, 1.165) is 33.7 Å². The highest BCUT2D eigenvalue weighted by atomic mass is 35.5. The highest BCUT2D eigenvalue weighted by Gasteiger charge is 2.25. The first-order chi connectivity index (χ1) is 8.80. The molecule has 0 bridgehead atoms. The summed E-state index contributed by atoms with van der Waals surface area (Å²) in [5, 5.41) is 0. The van der Waals surface area contributed by atoms with Gasteiger partial charge in [0.2, 0.25) is 0 Å². The number of thiophene rings is 1. The molecule has 19 heavy (non-hydrogen) atoms. The molecule has 0 fully saturated rings. The van der Waals surface area contributed by atoms with Crippen LogP contribution in [0.3, 0.4) is 0 Å². The van der Waals surface area contributed by atoms with E-state index < -0.39 is 0 Å². The average Bonchev–Trinajstić information content (AvgIpc) is 2.67. The van der Waals surface area contributed by atoms with Crippen LogP contribution in [-0.4, -0.2) is 24.5 Å². The fourth-order valence-electron chi connectivity index (χ4n) is 2.15. The van der Waals surface area contributed by atoms with Crippen molar-refractivity contribution in [3.63, 3.8) is 0 Å². The molecule has 0 saturated heterocycles. The van der Waals surface area contributed by atoms with Gasteiger partial charge in [-0.1, -0.05) is 44.0 Å². The molecule has 110 valence electrons. The minimum Gasteiger partial charge on any atom is -0.330 e. The number of nitrogens with two attached hydrogens (primary N) is 1. The third-order valence-electron chi connectivity index (χ3n) is 3.38. The number of halogens is 2. The van der Waals surface area contributed by atoms with Crippen LogP contribution in [0.15, 0.2) is 6.07 Å². The lowest BCUT2D eigenvalue weighted by molar-refractivity contribution is 0.141. The Hall–Kier alpha value is 0.200. The summed E-state index contributed by atoms with van der Waals surface area (Å²) >= 11 is 13.8. The Morgan fingerprint density at radius 1 is 1.42 bits per heavy atom. The topological polar surface area (TPSA) is 29.3 Å². The van der Waals surface area contributed by atoms with Gasteiger partial charge in [-0.25, -0.2) is 0 Å². The van der Waals surface area contributed by atoms with Gasteiger partial charge < -0.3 is 5.73 Å². The van der Waals surface area contributed by atoms with E-state index in [1.54, 1.807) is 0 Å². The fraction of sp³-hybridized carbons (Fsp3) is 0.714. The number of nitrogens with zero attached hydrogens (tertiary/aromatic N) is 1. The molecular formula is C14H24Cl2N2S. The zero-order chi connectivity index (χ0) is 14.6. The van der Waals surface area contributed by atoms with Crippen LogP contribution < -0.4 is 5.73 Å². The normalized spacial score (nSPS) is 14.1. The second kappa shape index (κ2) is 7.28. The molecule has 0 amide bonds. The predicted octanol–water partition coefficient (Wildman–Crippen LogP) is 4.81. The Labute approximate surface area is 130 Å². The lowest BCUT2D eigenvalue weighted by Gasteiger charge is -2.35. The van der Waals surface area contributed by atoms with Crippen LogP contribution in [0.2, 0.25) is 8.67 Å². The standard InChI is InChI=1S/C14H24Cl2N2S/c1-5-6-18(9-14(3,4)8-17)10(2)11-7-12(15)19-13(11)16/h7,10H,5-6,8-9,17H2,1-4H3. The van der Waals surface area contributed by atoms with Crippen molar-refractivity contribution in [3.8, 4) is 0 Å². The molecule has 0 aromatic carbocycles. The molecule has 0 aliphatic heterocycles. The minimum absolute atomic E-state index is 0.107. The first kappa shape index (κ1) is 17.3. The molecule has 0 saturated carbocycles. The summed E-state index contributed by atoms with van der Waals surface area (Å²) in [5.41, 5.74) is 7.08. The Bertz CT molecular complexity index is 404. The number of hydrogen-bond donors (Lipinski definition) is 1. The number of hydrogen-bond acceptors (Lipinski definition) is 3. The first-order valence-corrected chi connectivity index (χ1v) is 8.27. The second-order valence-corrected chi connectivity index (χ2v) is 8.08. The highest BCUT2D eigenvalue weighted by Crippen LogP contribution is 2.37. The van der Waals surface area contributed by atoms with Gasteiger partial charge in [-0.05, 0) is 37.9 Å².